The minimum atomic E-state index is -0.875. The van der Waals surface area contributed by atoms with Gasteiger partial charge in [-0.05, 0) is 34.3 Å². The Kier molecular flexibility index (Phi) is 6.74. The molecule has 1 unspecified atom stereocenters. The number of hydrogen-bond donors (Lipinski definition) is 1. The molecule has 0 aliphatic carbocycles. The van der Waals surface area contributed by atoms with Crippen molar-refractivity contribution in [1.29, 1.82) is 0 Å². The zero-order chi connectivity index (χ0) is 11.1. The van der Waals surface area contributed by atoms with Crippen molar-refractivity contribution in [2.24, 2.45) is 0 Å². The van der Waals surface area contributed by atoms with Crippen LogP contribution in [0.4, 0.5) is 0 Å². The Bertz CT molecular complexity index is 150. The van der Waals surface area contributed by atoms with E-state index in [1.807, 2.05) is 38.0 Å². The average molecular weight is 202 g/mol. The number of ether oxygens (including phenoxy) is 1. The highest BCUT2D eigenvalue weighted by Gasteiger charge is 2.14. The van der Waals surface area contributed by atoms with E-state index in [0.717, 1.165) is 13.1 Å². The Labute approximate surface area is 86.8 Å². The van der Waals surface area contributed by atoms with E-state index in [9.17, 15) is 5.11 Å². The van der Waals surface area contributed by atoms with Gasteiger partial charge in [0.25, 0.3) is 0 Å². The van der Waals surface area contributed by atoms with Gasteiger partial charge in [-0.2, -0.15) is 0 Å². The van der Waals surface area contributed by atoms with Crippen molar-refractivity contribution < 1.29 is 9.84 Å². The fourth-order valence-corrected chi connectivity index (χ4v) is 1.21. The van der Waals surface area contributed by atoms with Crippen LogP contribution in [0.5, 0.6) is 0 Å². The topological polar surface area (TPSA) is 35.9 Å². The monoisotopic (exact) mass is 202 g/mol. The van der Waals surface area contributed by atoms with Gasteiger partial charge in [0.1, 0.15) is 0 Å². The summed E-state index contributed by atoms with van der Waals surface area (Å²) < 4.78 is 5.38. The summed E-state index contributed by atoms with van der Waals surface area (Å²) >= 11 is 0. The molecule has 0 radical (unpaired) electrons. The maximum atomic E-state index is 9.28. The number of likely N-dealkylation sites (N-methyl/N-ethyl adjacent to an activating group) is 2. The predicted octanol–water partition coefficient (Wildman–Crippen LogP) is -0.000800. The van der Waals surface area contributed by atoms with E-state index in [1.54, 1.807) is 0 Å². The second kappa shape index (κ2) is 6.95. The van der Waals surface area contributed by atoms with Gasteiger partial charge in [-0.1, -0.05) is 6.58 Å². The summed E-state index contributed by atoms with van der Waals surface area (Å²) in [6.07, 6.45) is 0.506. The van der Waals surface area contributed by atoms with Crippen LogP contribution in [0.25, 0.3) is 0 Å². The molecule has 0 rings (SSSR count). The first-order chi connectivity index (χ1) is 6.45. The summed E-state index contributed by atoms with van der Waals surface area (Å²) in [5.74, 6) is 0. The lowest BCUT2D eigenvalue weighted by Gasteiger charge is -2.25. The summed E-state index contributed by atoms with van der Waals surface area (Å²) in [5, 5.41) is 9.28. The summed E-state index contributed by atoms with van der Waals surface area (Å²) in [4.78, 5) is 4.06. The van der Waals surface area contributed by atoms with Crippen LogP contribution in [0.15, 0.2) is 12.7 Å². The van der Waals surface area contributed by atoms with Gasteiger partial charge in [0.2, 0.25) is 0 Å². The lowest BCUT2D eigenvalue weighted by molar-refractivity contribution is -0.114. The molecular weight excluding hydrogens is 180 g/mol. The quantitative estimate of drug-likeness (QED) is 0.465. The molecule has 1 atom stereocenters. The molecule has 4 heteroatoms. The summed E-state index contributed by atoms with van der Waals surface area (Å²) in [6.45, 7) is 5.03. The Balaban J connectivity index is 4.02. The first-order valence-electron chi connectivity index (χ1n) is 4.71. The van der Waals surface area contributed by atoms with Crippen molar-refractivity contribution >= 4 is 0 Å². The molecule has 0 saturated carbocycles. The fraction of sp³-hybridized carbons (Fsp3) is 0.800. The molecule has 0 aliphatic heterocycles. The van der Waals surface area contributed by atoms with Gasteiger partial charge in [-0.15, -0.1) is 0 Å². The molecule has 0 aliphatic rings. The molecule has 0 aromatic carbocycles. The van der Waals surface area contributed by atoms with Crippen molar-refractivity contribution in [3.05, 3.63) is 12.7 Å². The summed E-state index contributed by atoms with van der Waals surface area (Å²) in [6, 6.07) is 0. The van der Waals surface area contributed by atoms with Crippen molar-refractivity contribution in [3.8, 4) is 0 Å². The molecule has 14 heavy (non-hydrogen) atoms. The van der Waals surface area contributed by atoms with Gasteiger partial charge in [0.05, 0.1) is 6.10 Å². The summed E-state index contributed by atoms with van der Waals surface area (Å²) in [7, 11) is 7.91. The smallest absolute Gasteiger partial charge is 0.174 e. The SMILES string of the molecule is C=CC(O)OC(CN(C)C)CN(C)C. The Morgan fingerprint density at radius 2 is 1.64 bits per heavy atom. The van der Waals surface area contributed by atoms with Crippen LogP contribution in [0, 0.1) is 0 Å². The molecule has 0 spiro atoms. The number of hydrogen-bond acceptors (Lipinski definition) is 4. The number of rotatable bonds is 7. The lowest BCUT2D eigenvalue weighted by Crippen LogP contribution is -2.38. The molecule has 4 nitrogen and oxygen atoms in total. The first-order valence-corrected chi connectivity index (χ1v) is 4.71. The van der Waals surface area contributed by atoms with Crippen molar-refractivity contribution in [1.82, 2.24) is 9.80 Å². The molecule has 0 amide bonds. The maximum absolute atomic E-state index is 9.28. The normalized spacial score (nSPS) is 14.0. The lowest BCUT2D eigenvalue weighted by atomic mass is 10.3. The standard InChI is InChI=1S/C10H22N2O2/c1-6-10(13)14-9(7-11(2)3)8-12(4)5/h6,9-10,13H,1,7-8H2,2-5H3. The third kappa shape index (κ3) is 7.03. The molecular formula is C10H22N2O2. The molecule has 1 N–H and O–H groups in total. The third-order valence-electron chi connectivity index (χ3n) is 1.67. The van der Waals surface area contributed by atoms with Gasteiger partial charge in [-0.25, -0.2) is 0 Å². The Morgan fingerprint density at radius 1 is 1.21 bits per heavy atom. The Morgan fingerprint density at radius 3 is 1.93 bits per heavy atom. The van der Waals surface area contributed by atoms with Crippen molar-refractivity contribution in [2.75, 3.05) is 41.3 Å². The summed E-state index contributed by atoms with van der Waals surface area (Å²) in [5.41, 5.74) is 0. The molecule has 84 valence electrons. The molecule has 0 heterocycles. The second-order valence-corrected chi connectivity index (χ2v) is 3.91. The minimum absolute atomic E-state index is 0.00648. The second-order valence-electron chi connectivity index (χ2n) is 3.91. The first kappa shape index (κ1) is 13.6. The van der Waals surface area contributed by atoms with E-state index in [2.05, 4.69) is 6.58 Å². The van der Waals surface area contributed by atoms with E-state index in [-0.39, 0.29) is 6.10 Å². The van der Waals surface area contributed by atoms with Crippen LogP contribution in [0.2, 0.25) is 0 Å². The molecule has 0 bridgehead atoms. The largest absolute Gasteiger partial charge is 0.365 e. The third-order valence-corrected chi connectivity index (χ3v) is 1.67. The maximum Gasteiger partial charge on any atom is 0.174 e. The number of aliphatic hydroxyl groups excluding tert-OH is 1. The van der Waals surface area contributed by atoms with Crippen LogP contribution in [-0.4, -0.2) is 68.6 Å². The van der Waals surface area contributed by atoms with Crippen LogP contribution >= 0.6 is 0 Å². The van der Waals surface area contributed by atoms with E-state index in [4.69, 9.17) is 4.74 Å². The number of aliphatic hydroxyl groups is 1. The molecule has 0 saturated heterocycles. The highest BCUT2D eigenvalue weighted by Crippen LogP contribution is 2.00. The van der Waals surface area contributed by atoms with Gasteiger partial charge in [-0.3, -0.25) is 0 Å². The van der Waals surface area contributed by atoms with Gasteiger partial charge in [0.15, 0.2) is 6.29 Å². The van der Waals surface area contributed by atoms with Crippen LogP contribution in [-0.2, 0) is 4.74 Å². The van der Waals surface area contributed by atoms with Crippen molar-refractivity contribution in [3.63, 3.8) is 0 Å². The minimum Gasteiger partial charge on any atom is -0.365 e. The average Bonchev–Trinajstić information content (AvgIpc) is 2.01. The van der Waals surface area contributed by atoms with Crippen LogP contribution < -0.4 is 0 Å². The number of nitrogens with zero attached hydrogens (tertiary/aromatic N) is 2. The van der Waals surface area contributed by atoms with Crippen molar-refractivity contribution in [2.45, 2.75) is 12.4 Å². The van der Waals surface area contributed by atoms with Crippen LogP contribution in [0.3, 0.4) is 0 Å². The highest BCUT2D eigenvalue weighted by atomic mass is 16.6. The molecule has 0 aromatic rings. The Hall–Kier alpha value is -0.420. The van der Waals surface area contributed by atoms with Gasteiger partial charge < -0.3 is 19.6 Å². The van der Waals surface area contributed by atoms with E-state index >= 15 is 0 Å². The fourth-order valence-electron chi connectivity index (χ4n) is 1.21. The zero-order valence-electron chi connectivity index (χ0n) is 9.60. The van der Waals surface area contributed by atoms with Gasteiger partial charge >= 0.3 is 0 Å². The zero-order valence-corrected chi connectivity index (χ0v) is 9.60. The molecule has 0 fully saturated rings. The highest BCUT2D eigenvalue weighted by molar-refractivity contribution is 4.74. The van der Waals surface area contributed by atoms with Gasteiger partial charge in [0, 0.05) is 13.1 Å². The molecule has 0 aromatic heterocycles. The predicted molar refractivity (Wildman–Crippen MR) is 58.2 cm³/mol. The van der Waals surface area contributed by atoms with E-state index in [1.165, 1.54) is 6.08 Å². The van der Waals surface area contributed by atoms with Crippen LogP contribution in [0.1, 0.15) is 0 Å². The van der Waals surface area contributed by atoms with E-state index < -0.39 is 6.29 Å². The van der Waals surface area contributed by atoms with E-state index in [0.29, 0.717) is 0 Å².